The van der Waals surface area contributed by atoms with Crippen LogP contribution in [-0.4, -0.2) is 52.9 Å². The molecule has 0 saturated carbocycles. The lowest BCUT2D eigenvalue weighted by Crippen LogP contribution is -2.48. The van der Waals surface area contributed by atoms with Gasteiger partial charge in [-0.15, -0.1) is 0 Å². The fourth-order valence-electron chi connectivity index (χ4n) is 3.73. The topological polar surface area (TPSA) is 79.5 Å². The third kappa shape index (κ3) is 5.17. The summed E-state index contributed by atoms with van der Waals surface area (Å²) in [7, 11) is 0. The maximum atomic E-state index is 12.6. The lowest BCUT2D eigenvalue weighted by Gasteiger charge is -2.36. The first kappa shape index (κ1) is 20.8. The summed E-state index contributed by atoms with van der Waals surface area (Å²) in [6.45, 7) is 4.54. The molecule has 1 amide bonds. The van der Waals surface area contributed by atoms with Crippen LogP contribution in [0.25, 0.3) is 11.4 Å². The van der Waals surface area contributed by atoms with Crippen molar-refractivity contribution in [2.45, 2.75) is 26.2 Å². The predicted octanol–water partition coefficient (Wildman–Crippen LogP) is 3.61. The molecule has 1 aliphatic rings. The summed E-state index contributed by atoms with van der Waals surface area (Å²) >= 11 is 0. The number of carbonyl (C=O) groups is 2. The van der Waals surface area contributed by atoms with Gasteiger partial charge in [0.15, 0.2) is 5.78 Å². The molecule has 0 aliphatic carbocycles. The molecule has 0 radical (unpaired) electrons. The van der Waals surface area contributed by atoms with E-state index in [1.165, 1.54) is 0 Å². The van der Waals surface area contributed by atoms with E-state index in [9.17, 15) is 9.59 Å². The fourth-order valence-corrected chi connectivity index (χ4v) is 3.73. The molecule has 160 valence electrons. The molecule has 0 atom stereocenters. The highest BCUT2D eigenvalue weighted by molar-refractivity contribution is 5.94. The van der Waals surface area contributed by atoms with E-state index in [1.54, 1.807) is 6.92 Å². The summed E-state index contributed by atoms with van der Waals surface area (Å²) in [6.07, 6.45) is 1.74. The van der Waals surface area contributed by atoms with Gasteiger partial charge in [-0.25, -0.2) is 0 Å². The molecule has 1 aliphatic heterocycles. The van der Waals surface area contributed by atoms with E-state index >= 15 is 0 Å². The molecule has 31 heavy (non-hydrogen) atoms. The van der Waals surface area contributed by atoms with E-state index < -0.39 is 0 Å². The van der Waals surface area contributed by atoms with Crippen LogP contribution in [0.4, 0.5) is 5.69 Å². The fraction of sp³-hybridized carbons (Fsp3) is 0.333. The number of hydrogen-bond donors (Lipinski definition) is 0. The van der Waals surface area contributed by atoms with Crippen LogP contribution in [-0.2, 0) is 11.2 Å². The number of carbonyl (C=O) groups excluding carboxylic acids is 2. The second-order valence-electron chi connectivity index (χ2n) is 7.70. The minimum absolute atomic E-state index is 0.0683. The standard InChI is InChI=1S/C24H26N4O3/c1-18(29)19-10-12-21(13-11-19)27-14-16-28(17-15-27)23(30)9-5-8-22-25-24(26-31-22)20-6-3-2-4-7-20/h2-4,6-7,10-13H,5,8-9,14-17H2,1H3. The number of ketones is 1. The number of nitrogens with zero attached hydrogens (tertiary/aromatic N) is 4. The first-order valence-electron chi connectivity index (χ1n) is 10.6. The van der Waals surface area contributed by atoms with Crippen LogP contribution in [0, 0.1) is 0 Å². The molecule has 2 heterocycles. The first-order valence-corrected chi connectivity index (χ1v) is 10.6. The van der Waals surface area contributed by atoms with E-state index in [2.05, 4.69) is 15.0 Å². The molecule has 0 bridgehead atoms. The van der Waals surface area contributed by atoms with Crippen LogP contribution < -0.4 is 4.90 Å². The normalized spacial score (nSPS) is 14.0. The van der Waals surface area contributed by atoms with E-state index in [0.717, 1.165) is 29.9 Å². The van der Waals surface area contributed by atoms with E-state index in [4.69, 9.17) is 4.52 Å². The largest absolute Gasteiger partial charge is 0.368 e. The van der Waals surface area contributed by atoms with Crippen LogP contribution >= 0.6 is 0 Å². The van der Waals surface area contributed by atoms with Crippen molar-refractivity contribution in [1.29, 1.82) is 0 Å². The average Bonchev–Trinajstić information content (AvgIpc) is 3.29. The smallest absolute Gasteiger partial charge is 0.226 e. The van der Waals surface area contributed by atoms with Crippen molar-refractivity contribution < 1.29 is 14.1 Å². The van der Waals surface area contributed by atoms with Crippen LogP contribution in [0.5, 0.6) is 0 Å². The van der Waals surface area contributed by atoms with Crippen LogP contribution in [0.3, 0.4) is 0 Å². The predicted molar refractivity (Wildman–Crippen MR) is 118 cm³/mol. The van der Waals surface area contributed by atoms with Gasteiger partial charge in [0.25, 0.3) is 0 Å². The van der Waals surface area contributed by atoms with Gasteiger partial charge in [-0.2, -0.15) is 4.98 Å². The minimum Gasteiger partial charge on any atom is -0.368 e. The zero-order chi connectivity index (χ0) is 21.6. The summed E-state index contributed by atoms with van der Waals surface area (Å²) in [5.74, 6) is 1.37. The highest BCUT2D eigenvalue weighted by Crippen LogP contribution is 2.19. The van der Waals surface area contributed by atoms with Gasteiger partial charge in [-0.3, -0.25) is 9.59 Å². The van der Waals surface area contributed by atoms with Crippen LogP contribution in [0.1, 0.15) is 36.0 Å². The Bertz CT molecular complexity index is 1020. The molecule has 1 aromatic heterocycles. The molecular formula is C24H26N4O3. The molecule has 7 heteroatoms. The Morgan fingerprint density at radius 3 is 2.35 bits per heavy atom. The quantitative estimate of drug-likeness (QED) is 0.546. The highest BCUT2D eigenvalue weighted by atomic mass is 16.5. The highest BCUT2D eigenvalue weighted by Gasteiger charge is 2.21. The average molecular weight is 418 g/mol. The van der Waals surface area contributed by atoms with Gasteiger partial charge in [-0.1, -0.05) is 35.5 Å². The maximum absolute atomic E-state index is 12.6. The second kappa shape index (κ2) is 9.55. The van der Waals surface area contributed by atoms with Gasteiger partial charge in [0, 0.05) is 55.8 Å². The summed E-state index contributed by atoms with van der Waals surface area (Å²) in [5.41, 5.74) is 2.72. The van der Waals surface area contributed by atoms with Gasteiger partial charge < -0.3 is 14.3 Å². The molecule has 2 aromatic carbocycles. The number of rotatable bonds is 7. The second-order valence-corrected chi connectivity index (χ2v) is 7.70. The van der Waals surface area contributed by atoms with Gasteiger partial charge in [0.1, 0.15) is 0 Å². The minimum atomic E-state index is 0.0683. The van der Waals surface area contributed by atoms with Crippen LogP contribution in [0.15, 0.2) is 59.1 Å². The molecule has 1 saturated heterocycles. The zero-order valence-electron chi connectivity index (χ0n) is 17.7. The van der Waals surface area contributed by atoms with E-state index in [1.807, 2.05) is 59.5 Å². The number of benzene rings is 2. The van der Waals surface area contributed by atoms with E-state index in [0.29, 0.717) is 44.1 Å². The molecule has 0 unspecified atom stereocenters. The maximum Gasteiger partial charge on any atom is 0.226 e. The first-order chi connectivity index (χ1) is 15.1. The van der Waals surface area contributed by atoms with Crippen molar-refractivity contribution in [1.82, 2.24) is 15.0 Å². The Labute approximate surface area is 181 Å². The molecule has 4 rings (SSSR count). The number of hydrogen-bond acceptors (Lipinski definition) is 6. The number of anilines is 1. The van der Waals surface area contributed by atoms with Gasteiger partial charge in [0.2, 0.25) is 17.6 Å². The molecular weight excluding hydrogens is 392 g/mol. The van der Waals surface area contributed by atoms with Gasteiger partial charge >= 0.3 is 0 Å². The van der Waals surface area contributed by atoms with Crippen molar-refractivity contribution >= 4 is 17.4 Å². The van der Waals surface area contributed by atoms with Gasteiger partial charge in [0.05, 0.1) is 0 Å². The molecule has 3 aromatic rings. The number of amides is 1. The Balaban J connectivity index is 1.22. The van der Waals surface area contributed by atoms with Crippen molar-refractivity contribution in [3.8, 4) is 11.4 Å². The summed E-state index contributed by atoms with van der Waals surface area (Å²) in [6, 6.07) is 17.4. The summed E-state index contributed by atoms with van der Waals surface area (Å²) in [4.78, 5) is 32.6. The molecule has 0 N–H and O–H groups in total. The SMILES string of the molecule is CC(=O)c1ccc(N2CCN(C(=O)CCCc3nc(-c4ccccc4)no3)CC2)cc1. The van der Waals surface area contributed by atoms with Crippen molar-refractivity contribution in [3.05, 3.63) is 66.1 Å². The summed E-state index contributed by atoms with van der Waals surface area (Å²) in [5, 5.41) is 4.02. The number of aryl methyl sites for hydroxylation is 1. The lowest BCUT2D eigenvalue weighted by molar-refractivity contribution is -0.131. The van der Waals surface area contributed by atoms with Crippen LogP contribution in [0.2, 0.25) is 0 Å². The Morgan fingerprint density at radius 2 is 1.68 bits per heavy atom. The Hall–Kier alpha value is -3.48. The Morgan fingerprint density at radius 1 is 0.968 bits per heavy atom. The summed E-state index contributed by atoms with van der Waals surface area (Å²) < 4.78 is 5.32. The number of piperazine rings is 1. The third-order valence-corrected chi connectivity index (χ3v) is 5.55. The lowest BCUT2D eigenvalue weighted by atomic mass is 10.1. The Kier molecular flexibility index (Phi) is 6.40. The number of aromatic nitrogens is 2. The third-order valence-electron chi connectivity index (χ3n) is 5.55. The monoisotopic (exact) mass is 418 g/mol. The zero-order valence-corrected chi connectivity index (χ0v) is 17.7. The molecule has 1 fully saturated rings. The molecule has 7 nitrogen and oxygen atoms in total. The van der Waals surface area contributed by atoms with Crippen molar-refractivity contribution in [2.75, 3.05) is 31.1 Å². The number of Topliss-reactive ketones (excluding diaryl/α,β-unsaturated/α-hetero) is 1. The van der Waals surface area contributed by atoms with E-state index in [-0.39, 0.29) is 11.7 Å². The van der Waals surface area contributed by atoms with Crippen molar-refractivity contribution in [3.63, 3.8) is 0 Å². The van der Waals surface area contributed by atoms with Crippen molar-refractivity contribution in [2.24, 2.45) is 0 Å². The molecule has 0 spiro atoms. The van der Waals surface area contributed by atoms with Gasteiger partial charge in [-0.05, 0) is 37.6 Å².